The van der Waals surface area contributed by atoms with Gasteiger partial charge in [0.15, 0.2) is 0 Å². The highest BCUT2D eigenvalue weighted by atomic mass is 35.5. The molecule has 0 radical (unpaired) electrons. The number of halogens is 1. The molecule has 2 amide bonds. The van der Waals surface area contributed by atoms with Gasteiger partial charge in [-0.05, 0) is 57.0 Å². The van der Waals surface area contributed by atoms with Crippen LogP contribution in [0.4, 0.5) is 0 Å². The monoisotopic (exact) mass is 414 g/mol. The fraction of sp³-hybridized carbons (Fsp3) is 0.455. The first kappa shape index (κ1) is 20.0. The molecule has 1 aromatic carbocycles. The van der Waals surface area contributed by atoms with Crippen molar-refractivity contribution in [3.05, 3.63) is 52.3 Å². The summed E-state index contributed by atoms with van der Waals surface area (Å²) >= 11 is 6.38. The number of aryl methyl sites for hydroxylation is 2. The van der Waals surface area contributed by atoms with Crippen LogP contribution >= 0.6 is 11.6 Å². The Morgan fingerprint density at radius 2 is 1.69 bits per heavy atom. The van der Waals surface area contributed by atoms with Crippen LogP contribution in [0.3, 0.4) is 0 Å². The van der Waals surface area contributed by atoms with Gasteiger partial charge < -0.3 is 14.8 Å². The van der Waals surface area contributed by atoms with Crippen molar-refractivity contribution in [1.29, 1.82) is 0 Å². The minimum absolute atomic E-state index is 0.0543. The molecule has 4 rings (SSSR count). The maximum atomic E-state index is 13.1. The summed E-state index contributed by atoms with van der Waals surface area (Å²) in [7, 11) is 0. The summed E-state index contributed by atoms with van der Waals surface area (Å²) in [5.74, 6) is 0.0295. The molecule has 1 aromatic heterocycles. The number of nitrogens with one attached hydrogen (secondary N) is 1. The van der Waals surface area contributed by atoms with E-state index in [-0.39, 0.29) is 11.8 Å². The van der Waals surface area contributed by atoms with E-state index in [0.29, 0.717) is 49.4 Å². The van der Waals surface area contributed by atoms with Gasteiger partial charge >= 0.3 is 0 Å². The van der Waals surface area contributed by atoms with Gasteiger partial charge in [-0.1, -0.05) is 11.6 Å². The van der Waals surface area contributed by atoms with Crippen molar-refractivity contribution in [1.82, 2.24) is 19.7 Å². The van der Waals surface area contributed by atoms with Crippen molar-refractivity contribution < 1.29 is 9.59 Å². The van der Waals surface area contributed by atoms with Crippen molar-refractivity contribution in [3.8, 4) is 5.69 Å². The zero-order valence-electron chi connectivity index (χ0n) is 16.9. The first-order valence-corrected chi connectivity index (χ1v) is 10.6. The number of hydrogen-bond acceptors (Lipinski definition) is 3. The molecule has 1 saturated heterocycles. The van der Waals surface area contributed by atoms with Gasteiger partial charge in [-0.2, -0.15) is 0 Å². The lowest BCUT2D eigenvalue weighted by molar-refractivity contribution is -0.122. The summed E-state index contributed by atoms with van der Waals surface area (Å²) in [6, 6.07) is 10.1. The third-order valence-electron chi connectivity index (χ3n) is 5.68. The summed E-state index contributed by atoms with van der Waals surface area (Å²) in [5, 5.41) is 3.48. The zero-order valence-corrected chi connectivity index (χ0v) is 17.7. The number of hydrogen-bond donors (Lipinski definition) is 1. The van der Waals surface area contributed by atoms with Crippen LogP contribution in [0.1, 0.15) is 34.6 Å². The largest absolute Gasteiger partial charge is 0.352 e. The highest BCUT2D eigenvalue weighted by Crippen LogP contribution is 2.24. The lowest BCUT2D eigenvalue weighted by Crippen LogP contribution is -2.51. The first-order chi connectivity index (χ1) is 13.9. The normalized spacial score (nSPS) is 17.4. The van der Waals surface area contributed by atoms with Crippen molar-refractivity contribution in [2.24, 2.45) is 0 Å². The van der Waals surface area contributed by atoms with E-state index >= 15 is 0 Å². The SMILES string of the molecule is Cc1ccc(C)n1-c1ccc(Cl)c(C(=O)N2CCN(CC(=O)NC3CC3)CC2)c1. The summed E-state index contributed by atoms with van der Waals surface area (Å²) in [6.07, 6.45) is 2.19. The third kappa shape index (κ3) is 4.49. The van der Waals surface area contributed by atoms with Gasteiger partial charge in [0.2, 0.25) is 5.91 Å². The molecule has 0 unspecified atom stereocenters. The molecule has 1 N–H and O–H groups in total. The number of nitrogens with zero attached hydrogens (tertiary/aromatic N) is 3. The fourth-order valence-electron chi connectivity index (χ4n) is 3.88. The van der Waals surface area contributed by atoms with Crippen LogP contribution in [0.15, 0.2) is 30.3 Å². The molecule has 2 aliphatic rings. The summed E-state index contributed by atoms with van der Waals surface area (Å²) in [6.45, 7) is 7.06. The number of carbonyl (C=O) groups excluding carboxylic acids is 2. The second kappa shape index (κ2) is 8.20. The van der Waals surface area contributed by atoms with E-state index < -0.39 is 0 Å². The van der Waals surface area contributed by atoms with Gasteiger partial charge in [-0.25, -0.2) is 0 Å². The molecule has 29 heavy (non-hydrogen) atoms. The average molecular weight is 415 g/mol. The molecule has 0 bridgehead atoms. The van der Waals surface area contributed by atoms with E-state index in [0.717, 1.165) is 29.9 Å². The molecule has 2 aromatic rings. The Labute approximate surface area is 176 Å². The predicted molar refractivity (Wildman–Crippen MR) is 114 cm³/mol. The van der Waals surface area contributed by atoms with Gasteiger partial charge in [0, 0.05) is 49.3 Å². The van der Waals surface area contributed by atoms with Crippen molar-refractivity contribution in [2.45, 2.75) is 32.7 Å². The molecule has 7 heteroatoms. The molecule has 2 fully saturated rings. The Hall–Kier alpha value is -2.31. The lowest BCUT2D eigenvalue weighted by atomic mass is 10.1. The molecule has 1 saturated carbocycles. The van der Waals surface area contributed by atoms with Crippen LogP contribution in [0.2, 0.25) is 5.02 Å². The van der Waals surface area contributed by atoms with Crippen LogP contribution in [-0.2, 0) is 4.79 Å². The highest BCUT2D eigenvalue weighted by Gasteiger charge is 2.27. The topological polar surface area (TPSA) is 57.6 Å². The average Bonchev–Trinajstić information content (AvgIpc) is 3.45. The summed E-state index contributed by atoms with van der Waals surface area (Å²) in [5.41, 5.74) is 3.69. The second-order valence-corrected chi connectivity index (χ2v) is 8.43. The second-order valence-electron chi connectivity index (χ2n) is 8.03. The van der Waals surface area contributed by atoms with Crippen LogP contribution in [0.25, 0.3) is 5.69 Å². The Morgan fingerprint density at radius 1 is 1.03 bits per heavy atom. The standard InChI is InChI=1S/C22H27ClN4O2/c1-15-3-4-16(2)27(15)18-7-8-20(23)19(13-18)22(29)26-11-9-25(10-12-26)14-21(28)24-17-5-6-17/h3-4,7-8,13,17H,5-6,9-12,14H2,1-2H3,(H,24,28). The van der Waals surface area contributed by atoms with E-state index in [1.165, 1.54) is 0 Å². The minimum Gasteiger partial charge on any atom is -0.352 e. The van der Waals surface area contributed by atoms with E-state index in [1.54, 1.807) is 6.07 Å². The van der Waals surface area contributed by atoms with Crippen molar-refractivity contribution in [2.75, 3.05) is 32.7 Å². The van der Waals surface area contributed by atoms with Gasteiger partial charge in [-0.15, -0.1) is 0 Å². The van der Waals surface area contributed by atoms with E-state index in [9.17, 15) is 9.59 Å². The van der Waals surface area contributed by atoms with Gasteiger partial charge in [0.25, 0.3) is 5.91 Å². The zero-order chi connectivity index (χ0) is 20.5. The number of benzene rings is 1. The van der Waals surface area contributed by atoms with E-state index in [2.05, 4.69) is 26.9 Å². The smallest absolute Gasteiger partial charge is 0.255 e. The van der Waals surface area contributed by atoms with Crippen LogP contribution in [0, 0.1) is 13.8 Å². The van der Waals surface area contributed by atoms with Gasteiger partial charge in [0.1, 0.15) is 0 Å². The van der Waals surface area contributed by atoms with E-state index in [1.807, 2.05) is 30.9 Å². The number of rotatable bonds is 5. The molecule has 1 aliphatic carbocycles. The predicted octanol–water partition coefficient (Wildman–Crippen LogP) is 2.78. The van der Waals surface area contributed by atoms with Gasteiger partial charge in [0.05, 0.1) is 17.1 Å². The molecule has 6 nitrogen and oxygen atoms in total. The van der Waals surface area contributed by atoms with Crippen LogP contribution in [0.5, 0.6) is 0 Å². The van der Waals surface area contributed by atoms with E-state index in [4.69, 9.17) is 11.6 Å². The third-order valence-corrected chi connectivity index (χ3v) is 6.01. The Kier molecular flexibility index (Phi) is 5.65. The highest BCUT2D eigenvalue weighted by molar-refractivity contribution is 6.33. The molecule has 2 heterocycles. The molecular weight excluding hydrogens is 388 g/mol. The quantitative estimate of drug-likeness (QED) is 0.818. The molecular formula is C22H27ClN4O2. The van der Waals surface area contributed by atoms with Crippen LogP contribution < -0.4 is 5.32 Å². The maximum Gasteiger partial charge on any atom is 0.255 e. The maximum absolute atomic E-state index is 13.1. The fourth-order valence-corrected chi connectivity index (χ4v) is 4.07. The Bertz CT molecular complexity index is 907. The molecule has 154 valence electrons. The number of aromatic nitrogens is 1. The Balaban J connectivity index is 1.42. The molecule has 0 spiro atoms. The number of carbonyl (C=O) groups is 2. The van der Waals surface area contributed by atoms with Crippen molar-refractivity contribution >= 4 is 23.4 Å². The Morgan fingerprint density at radius 3 is 2.31 bits per heavy atom. The van der Waals surface area contributed by atoms with Crippen LogP contribution in [-0.4, -0.2) is 64.9 Å². The molecule has 0 atom stereocenters. The van der Waals surface area contributed by atoms with Gasteiger partial charge in [-0.3, -0.25) is 14.5 Å². The summed E-state index contributed by atoms with van der Waals surface area (Å²) < 4.78 is 2.11. The first-order valence-electron chi connectivity index (χ1n) is 10.2. The lowest BCUT2D eigenvalue weighted by Gasteiger charge is -2.34. The van der Waals surface area contributed by atoms with Crippen molar-refractivity contribution in [3.63, 3.8) is 0 Å². The number of amides is 2. The summed E-state index contributed by atoms with van der Waals surface area (Å²) in [4.78, 5) is 29.1. The number of piperazine rings is 1. The minimum atomic E-state index is -0.0543. The molecule has 1 aliphatic heterocycles.